The Labute approximate surface area is 85.7 Å². The number of rotatable bonds is 3. The topological polar surface area (TPSA) is 23.8 Å². The summed E-state index contributed by atoms with van der Waals surface area (Å²) in [6.07, 6.45) is 3.61. The molecule has 0 unspecified atom stereocenters. The Morgan fingerprint density at radius 2 is 2.00 bits per heavy atom. The van der Waals surface area contributed by atoms with Crippen LogP contribution in [0.1, 0.15) is 24.5 Å². The molecule has 1 aromatic carbocycles. The van der Waals surface area contributed by atoms with Gasteiger partial charge in [-0.1, -0.05) is 35.4 Å². The standard InChI is InChI=1S/C13H15N/c1-11-3-6-13(7-4-11)8-5-12(2)9-10-14/h3-4,6-7,9H,5,8H2,1-2H3. The van der Waals surface area contributed by atoms with E-state index in [1.54, 1.807) is 6.08 Å². The van der Waals surface area contributed by atoms with E-state index in [2.05, 4.69) is 37.3 Å². The maximum atomic E-state index is 8.44. The van der Waals surface area contributed by atoms with Crippen molar-refractivity contribution < 1.29 is 0 Å². The molecule has 0 saturated carbocycles. The second kappa shape index (κ2) is 5.24. The van der Waals surface area contributed by atoms with Crippen LogP contribution in [0.15, 0.2) is 35.9 Å². The second-order valence-electron chi connectivity index (χ2n) is 3.61. The van der Waals surface area contributed by atoms with Gasteiger partial charge >= 0.3 is 0 Å². The van der Waals surface area contributed by atoms with Crippen LogP contribution in [-0.2, 0) is 6.42 Å². The maximum Gasteiger partial charge on any atom is 0.0911 e. The van der Waals surface area contributed by atoms with Gasteiger partial charge in [0.05, 0.1) is 6.07 Å². The van der Waals surface area contributed by atoms with Crippen molar-refractivity contribution in [3.8, 4) is 6.07 Å². The predicted molar refractivity (Wildman–Crippen MR) is 58.9 cm³/mol. The van der Waals surface area contributed by atoms with E-state index in [4.69, 9.17) is 5.26 Å². The van der Waals surface area contributed by atoms with Crippen LogP contribution in [0.5, 0.6) is 0 Å². The van der Waals surface area contributed by atoms with E-state index in [-0.39, 0.29) is 0 Å². The van der Waals surface area contributed by atoms with Gasteiger partial charge in [-0.25, -0.2) is 0 Å². The molecular formula is C13H15N. The van der Waals surface area contributed by atoms with Crippen molar-refractivity contribution in [1.82, 2.24) is 0 Å². The largest absolute Gasteiger partial charge is 0.193 e. The molecule has 0 amide bonds. The normalized spacial score (nSPS) is 11.1. The molecule has 0 aliphatic carbocycles. The Hall–Kier alpha value is -1.55. The van der Waals surface area contributed by atoms with E-state index in [0.717, 1.165) is 18.4 Å². The van der Waals surface area contributed by atoms with E-state index in [1.807, 2.05) is 6.92 Å². The average Bonchev–Trinajstić information content (AvgIpc) is 2.17. The molecule has 0 spiro atoms. The van der Waals surface area contributed by atoms with Crippen LogP contribution in [0, 0.1) is 18.3 Å². The Balaban J connectivity index is 2.51. The third-order valence-corrected chi connectivity index (χ3v) is 2.24. The molecule has 0 aliphatic rings. The van der Waals surface area contributed by atoms with Gasteiger partial charge in [-0.05, 0) is 32.3 Å². The van der Waals surface area contributed by atoms with E-state index >= 15 is 0 Å². The number of benzene rings is 1. The summed E-state index contributed by atoms with van der Waals surface area (Å²) in [4.78, 5) is 0. The Morgan fingerprint density at radius 3 is 2.57 bits per heavy atom. The third-order valence-electron chi connectivity index (χ3n) is 2.24. The molecule has 0 radical (unpaired) electrons. The van der Waals surface area contributed by atoms with Crippen molar-refractivity contribution in [2.24, 2.45) is 0 Å². The zero-order chi connectivity index (χ0) is 10.4. The molecule has 14 heavy (non-hydrogen) atoms. The predicted octanol–water partition coefficient (Wildman–Crippen LogP) is 3.40. The Bertz CT molecular complexity index is 352. The van der Waals surface area contributed by atoms with E-state index < -0.39 is 0 Å². The SMILES string of the molecule is CC(=CC#N)CCc1ccc(C)cc1. The number of aryl methyl sites for hydroxylation is 2. The highest BCUT2D eigenvalue weighted by Gasteiger charge is 1.94. The lowest BCUT2D eigenvalue weighted by molar-refractivity contribution is 0.941. The van der Waals surface area contributed by atoms with Gasteiger partial charge in [-0.3, -0.25) is 0 Å². The van der Waals surface area contributed by atoms with Crippen molar-refractivity contribution in [2.45, 2.75) is 26.7 Å². The zero-order valence-corrected chi connectivity index (χ0v) is 8.75. The van der Waals surface area contributed by atoms with Crippen molar-refractivity contribution in [2.75, 3.05) is 0 Å². The van der Waals surface area contributed by atoms with Crippen molar-refractivity contribution in [3.05, 3.63) is 47.0 Å². The number of hydrogen-bond donors (Lipinski definition) is 0. The highest BCUT2D eigenvalue weighted by Crippen LogP contribution is 2.09. The second-order valence-corrected chi connectivity index (χ2v) is 3.61. The molecule has 1 aromatic rings. The molecule has 1 heteroatoms. The number of allylic oxidation sites excluding steroid dienone is 2. The lowest BCUT2D eigenvalue weighted by atomic mass is 10.0. The molecule has 72 valence electrons. The van der Waals surface area contributed by atoms with Crippen molar-refractivity contribution in [1.29, 1.82) is 5.26 Å². The molecule has 1 rings (SSSR count). The quantitative estimate of drug-likeness (QED) is 0.662. The first-order valence-corrected chi connectivity index (χ1v) is 4.83. The smallest absolute Gasteiger partial charge is 0.0911 e. The minimum absolute atomic E-state index is 0.969. The molecule has 0 fully saturated rings. The minimum atomic E-state index is 0.969. The van der Waals surface area contributed by atoms with Gasteiger partial charge in [0.25, 0.3) is 0 Å². The van der Waals surface area contributed by atoms with Crippen LogP contribution >= 0.6 is 0 Å². The van der Waals surface area contributed by atoms with Gasteiger partial charge in [0.1, 0.15) is 0 Å². The summed E-state index contributed by atoms with van der Waals surface area (Å²) >= 11 is 0. The van der Waals surface area contributed by atoms with Gasteiger partial charge in [-0.15, -0.1) is 0 Å². The molecule has 1 nitrogen and oxygen atoms in total. The highest BCUT2D eigenvalue weighted by atomic mass is 14.2. The molecule has 0 heterocycles. The Morgan fingerprint density at radius 1 is 1.36 bits per heavy atom. The molecule has 0 aliphatic heterocycles. The molecule has 0 aromatic heterocycles. The number of nitrogens with zero attached hydrogens (tertiary/aromatic N) is 1. The summed E-state index contributed by atoms with van der Waals surface area (Å²) < 4.78 is 0. The van der Waals surface area contributed by atoms with Crippen molar-refractivity contribution in [3.63, 3.8) is 0 Å². The van der Waals surface area contributed by atoms with Crippen LogP contribution in [0.2, 0.25) is 0 Å². The lowest BCUT2D eigenvalue weighted by Crippen LogP contribution is -1.86. The van der Waals surface area contributed by atoms with Crippen LogP contribution in [-0.4, -0.2) is 0 Å². The monoisotopic (exact) mass is 185 g/mol. The van der Waals surface area contributed by atoms with E-state index in [1.165, 1.54) is 11.1 Å². The van der Waals surface area contributed by atoms with Gasteiger partial charge in [-0.2, -0.15) is 5.26 Å². The molecule has 0 saturated heterocycles. The lowest BCUT2D eigenvalue weighted by Gasteiger charge is -2.01. The van der Waals surface area contributed by atoms with Crippen molar-refractivity contribution >= 4 is 0 Å². The fourth-order valence-electron chi connectivity index (χ4n) is 1.28. The molecular weight excluding hydrogens is 170 g/mol. The van der Waals surface area contributed by atoms with Crippen LogP contribution < -0.4 is 0 Å². The number of hydrogen-bond acceptors (Lipinski definition) is 1. The summed E-state index contributed by atoms with van der Waals surface area (Å²) in [5, 5.41) is 8.44. The third kappa shape index (κ3) is 3.45. The van der Waals surface area contributed by atoms with E-state index in [9.17, 15) is 0 Å². The first-order valence-electron chi connectivity index (χ1n) is 4.83. The molecule has 0 atom stereocenters. The van der Waals surface area contributed by atoms with Gasteiger partial charge in [0.15, 0.2) is 0 Å². The fourth-order valence-corrected chi connectivity index (χ4v) is 1.28. The summed E-state index contributed by atoms with van der Waals surface area (Å²) in [6, 6.07) is 10.6. The van der Waals surface area contributed by atoms with Crippen LogP contribution in [0.25, 0.3) is 0 Å². The summed E-state index contributed by atoms with van der Waals surface area (Å²) in [6.45, 7) is 4.09. The zero-order valence-electron chi connectivity index (χ0n) is 8.75. The first-order chi connectivity index (χ1) is 6.72. The molecule has 0 bridgehead atoms. The van der Waals surface area contributed by atoms with E-state index in [0.29, 0.717) is 0 Å². The fraction of sp³-hybridized carbons (Fsp3) is 0.308. The van der Waals surface area contributed by atoms with Crippen LogP contribution in [0.3, 0.4) is 0 Å². The maximum absolute atomic E-state index is 8.44. The Kier molecular flexibility index (Phi) is 3.94. The first kappa shape index (κ1) is 10.5. The minimum Gasteiger partial charge on any atom is -0.193 e. The van der Waals surface area contributed by atoms with Gasteiger partial charge < -0.3 is 0 Å². The van der Waals surface area contributed by atoms with Gasteiger partial charge in [0, 0.05) is 6.08 Å². The summed E-state index contributed by atoms with van der Waals surface area (Å²) in [7, 11) is 0. The average molecular weight is 185 g/mol. The number of nitriles is 1. The summed E-state index contributed by atoms with van der Waals surface area (Å²) in [5.41, 5.74) is 3.77. The highest BCUT2D eigenvalue weighted by molar-refractivity contribution is 5.22. The molecule has 0 N–H and O–H groups in total. The summed E-state index contributed by atoms with van der Waals surface area (Å²) in [5.74, 6) is 0. The van der Waals surface area contributed by atoms with Gasteiger partial charge in [0.2, 0.25) is 0 Å². The van der Waals surface area contributed by atoms with Crippen LogP contribution in [0.4, 0.5) is 0 Å².